The van der Waals surface area contributed by atoms with Crippen molar-refractivity contribution in [3.8, 4) is 6.07 Å². The van der Waals surface area contributed by atoms with E-state index in [0.717, 1.165) is 14.7 Å². The maximum absolute atomic E-state index is 8.81. The zero-order chi connectivity index (χ0) is 10.1. The predicted octanol–water partition coefficient (Wildman–Crippen LogP) is 4.26. The van der Waals surface area contributed by atoms with E-state index >= 15 is 0 Å². The Bertz CT molecular complexity index is 525. The highest BCUT2D eigenvalue weighted by Gasteiger charge is 2.06. The summed E-state index contributed by atoms with van der Waals surface area (Å²) in [5.41, 5.74) is 0. The van der Waals surface area contributed by atoms with Crippen LogP contribution in [-0.4, -0.2) is 6.26 Å². The lowest BCUT2D eigenvalue weighted by molar-refractivity contribution is 1.52. The first-order valence-corrected chi connectivity index (χ1v) is 6.75. The fourth-order valence-electron chi connectivity index (χ4n) is 1.29. The molecule has 0 aliphatic heterocycles. The number of thioether (sulfide) groups is 1. The zero-order valence-electron chi connectivity index (χ0n) is 7.37. The second-order valence-corrected chi connectivity index (χ2v) is 5.56. The van der Waals surface area contributed by atoms with Crippen molar-refractivity contribution < 1.29 is 0 Å². The molecule has 0 spiro atoms. The van der Waals surface area contributed by atoms with Crippen molar-refractivity contribution in [2.45, 2.75) is 4.90 Å². The molecule has 70 valence electrons. The van der Waals surface area contributed by atoms with Crippen LogP contribution in [0.1, 0.15) is 4.88 Å². The third-order valence-electron chi connectivity index (χ3n) is 1.88. The van der Waals surface area contributed by atoms with E-state index in [9.17, 15) is 0 Å². The summed E-state index contributed by atoms with van der Waals surface area (Å²) < 4.78 is 2.27. The van der Waals surface area contributed by atoms with E-state index in [2.05, 4.69) is 28.1 Å². The Hall–Kier alpha value is -0.500. The molecule has 2 aromatic rings. The summed E-state index contributed by atoms with van der Waals surface area (Å²) in [5, 5.41) is 9.96. The number of hydrogen-bond acceptors (Lipinski definition) is 3. The van der Waals surface area contributed by atoms with E-state index in [1.54, 1.807) is 23.1 Å². The Kier molecular flexibility index (Phi) is 2.82. The molecule has 1 aromatic heterocycles. The highest BCUT2D eigenvalue weighted by atomic mass is 79.9. The van der Waals surface area contributed by atoms with Gasteiger partial charge in [-0.15, -0.1) is 23.1 Å². The molecule has 0 fully saturated rings. The molecule has 0 atom stereocenters. The van der Waals surface area contributed by atoms with Gasteiger partial charge in [0.05, 0.1) is 0 Å². The van der Waals surface area contributed by atoms with Crippen molar-refractivity contribution in [2.75, 3.05) is 6.26 Å². The number of nitriles is 1. The lowest BCUT2D eigenvalue weighted by Crippen LogP contribution is -1.71. The molecule has 4 heteroatoms. The Balaban J connectivity index is 2.79. The number of nitrogens with zero attached hydrogens (tertiary/aromatic N) is 1. The predicted molar refractivity (Wildman–Crippen MR) is 66.0 cm³/mol. The van der Waals surface area contributed by atoms with Crippen LogP contribution in [0.15, 0.2) is 27.6 Å². The van der Waals surface area contributed by atoms with Gasteiger partial charge in [0.25, 0.3) is 0 Å². The molecule has 0 aliphatic carbocycles. The molecule has 0 aliphatic rings. The normalized spacial score (nSPS) is 10.4. The summed E-state index contributed by atoms with van der Waals surface area (Å²) in [7, 11) is 0. The smallest absolute Gasteiger partial charge is 0.110 e. The largest absolute Gasteiger partial charge is 0.192 e. The van der Waals surface area contributed by atoms with Gasteiger partial charge < -0.3 is 0 Å². The molecule has 14 heavy (non-hydrogen) atoms. The first kappa shape index (κ1) is 10.0. The second-order valence-electron chi connectivity index (χ2n) is 2.75. The van der Waals surface area contributed by atoms with Crippen LogP contribution in [0.25, 0.3) is 10.1 Å². The minimum Gasteiger partial charge on any atom is -0.192 e. The third kappa shape index (κ3) is 1.68. The Morgan fingerprint density at radius 1 is 1.43 bits per heavy atom. The van der Waals surface area contributed by atoms with Gasteiger partial charge in [0.1, 0.15) is 10.9 Å². The minimum absolute atomic E-state index is 0.772. The number of benzene rings is 1. The van der Waals surface area contributed by atoms with E-state index in [1.807, 2.05) is 18.4 Å². The van der Waals surface area contributed by atoms with Crippen molar-refractivity contribution >= 4 is 49.1 Å². The molecule has 0 bridgehead atoms. The molecular formula is C10H6BrNS2. The van der Waals surface area contributed by atoms with E-state index in [0.29, 0.717) is 0 Å². The molecule has 2 rings (SSSR count). The average Bonchev–Trinajstić information content (AvgIpc) is 2.59. The van der Waals surface area contributed by atoms with Crippen molar-refractivity contribution in [2.24, 2.45) is 0 Å². The van der Waals surface area contributed by atoms with Crippen LogP contribution >= 0.6 is 39.0 Å². The van der Waals surface area contributed by atoms with Gasteiger partial charge >= 0.3 is 0 Å². The van der Waals surface area contributed by atoms with Crippen molar-refractivity contribution in [1.82, 2.24) is 0 Å². The zero-order valence-corrected chi connectivity index (χ0v) is 10.6. The maximum atomic E-state index is 8.81. The summed E-state index contributed by atoms with van der Waals surface area (Å²) in [6, 6.07) is 8.25. The van der Waals surface area contributed by atoms with Gasteiger partial charge in [-0.1, -0.05) is 15.9 Å². The van der Waals surface area contributed by atoms with E-state index in [4.69, 9.17) is 5.26 Å². The molecular weight excluding hydrogens is 278 g/mol. The average molecular weight is 284 g/mol. The summed E-state index contributed by atoms with van der Waals surface area (Å²) in [5.74, 6) is 0. The fourth-order valence-corrected chi connectivity index (χ4v) is 3.69. The molecule has 0 unspecified atom stereocenters. The Morgan fingerprint density at radius 3 is 2.86 bits per heavy atom. The standard InChI is InChI=1S/C10H6BrNS2/c1-13-9-4-7(11)2-6-3-8(5-12)14-10(6)9/h2-4H,1H3. The van der Waals surface area contributed by atoms with Gasteiger partial charge in [0.15, 0.2) is 0 Å². The lowest BCUT2D eigenvalue weighted by Gasteiger charge is -1.99. The van der Waals surface area contributed by atoms with Crippen LogP contribution < -0.4 is 0 Å². The summed E-state index contributed by atoms with van der Waals surface area (Å²) in [6.45, 7) is 0. The SMILES string of the molecule is CSc1cc(Br)cc2cc(C#N)sc12. The Labute approximate surface area is 98.9 Å². The molecule has 0 amide bonds. The first-order valence-electron chi connectivity index (χ1n) is 3.92. The summed E-state index contributed by atoms with van der Waals surface area (Å²) >= 11 is 6.73. The van der Waals surface area contributed by atoms with E-state index < -0.39 is 0 Å². The fraction of sp³-hybridized carbons (Fsp3) is 0.100. The van der Waals surface area contributed by atoms with Crippen LogP contribution in [0.3, 0.4) is 0 Å². The molecule has 0 radical (unpaired) electrons. The van der Waals surface area contributed by atoms with Crippen LogP contribution in [0.2, 0.25) is 0 Å². The monoisotopic (exact) mass is 283 g/mol. The molecule has 0 saturated heterocycles. The molecule has 1 aromatic carbocycles. The maximum Gasteiger partial charge on any atom is 0.110 e. The first-order chi connectivity index (χ1) is 6.74. The number of fused-ring (bicyclic) bond motifs is 1. The number of halogens is 1. The Morgan fingerprint density at radius 2 is 2.21 bits per heavy atom. The van der Waals surface area contributed by atoms with E-state index in [-0.39, 0.29) is 0 Å². The molecule has 0 saturated carbocycles. The van der Waals surface area contributed by atoms with Crippen molar-refractivity contribution in [1.29, 1.82) is 5.26 Å². The highest BCUT2D eigenvalue weighted by Crippen LogP contribution is 2.35. The number of rotatable bonds is 1. The van der Waals surface area contributed by atoms with Crippen LogP contribution in [0.4, 0.5) is 0 Å². The van der Waals surface area contributed by atoms with Gasteiger partial charge in [0, 0.05) is 14.1 Å². The van der Waals surface area contributed by atoms with Crippen molar-refractivity contribution in [3.63, 3.8) is 0 Å². The van der Waals surface area contributed by atoms with Crippen LogP contribution in [0.5, 0.6) is 0 Å². The second kappa shape index (κ2) is 3.93. The highest BCUT2D eigenvalue weighted by molar-refractivity contribution is 9.10. The molecule has 0 N–H and O–H groups in total. The number of hydrogen-bond donors (Lipinski definition) is 0. The lowest BCUT2D eigenvalue weighted by atomic mass is 10.2. The minimum atomic E-state index is 0.772. The van der Waals surface area contributed by atoms with Gasteiger partial charge in [-0.25, -0.2) is 0 Å². The van der Waals surface area contributed by atoms with E-state index in [1.165, 1.54) is 9.60 Å². The third-order valence-corrected chi connectivity index (χ3v) is 4.31. The number of thiophene rings is 1. The van der Waals surface area contributed by atoms with Crippen molar-refractivity contribution in [3.05, 3.63) is 27.5 Å². The van der Waals surface area contributed by atoms with Gasteiger partial charge in [-0.3, -0.25) is 0 Å². The molecule has 1 nitrogen and oxygen atoms in total. The summed E-state index contributed by atoms with van der Waals surface area (Å²) in [4.78, 5) is 1.99. The quantitative estimate of drug-likeness (QED) is 0.731. The summed E-state index contributed by atoms with van der Waals surface area (Å²) in [6.07, 6.45) is 2.05. The van der Waals surface area contributed by atoms with Crippen LogP contribution in [-0.2, 0) is 0 Å². The topological polar surface area (TPSA) is 23.8 Å². The van der Waals surface area contributed by atoms with Gasteiger partial charge in [-0.2, -0.15) is 5.26 Å². The molecule has 1 heterocycles. The van der Waals surface area contributed by atoms with Gasteiger partial charge in [0.2, 0.25) is 0 Å². The van der Waals surface area contributed by atoms with Gasteiger partial charge in [-0.05, 0) is 29.8 Å². The van der Waals surface area contributed by atoms with Crippen LogP contribution in [0, 0.1) is 11.3 Å².